The topological polar surface area (TPSA) is 4.93 Å². The molecule has 2 heterocycles. The zero-order valence-corrected chi connectivity index (χ0v) is 19.1. The lowest BCUT2D eigenvalue weighted by molar-refractivity contribution is 1.19. The molecule has 8 rings (SSSR count). The van der Waals surface area contributed by atoms with Gasteiger partial charge < -0.3 is 4.57 Å². The van der Waals surface area contributed by atoms with Gasteiger partial charge in [0.15, 0.2) is 0 Å². The Morgan fingerprint density at radius 3 is 2.03 bits per heavy atom. The highest BCUT2D eigenvalue weighted by molar-refractivity contribution is 7.26. The van der Waals surface area contributed by atoms with Crippen molar-refractivity contribution < 1.29 is 0 Å². The molecule has 0 atom stereocenters. The van der Waals surface area contributed by atoms with E-state index in [1.807, 2.05) is 11.3 Å². The molecule has 2 heteroatoms. The Hall–Kier alpha value is -4.14. The van der Waals surface area contributed by atoms with Gasteiger partial charge in [0.25, 0.3) is 0 Å². The Morgan fingerprint density at radius 1 is 0.471 bits per heavy atom. The first-order valence-electron chi connectivity index (χ1n) is 11.6. The first-order chi connectivity index (χ1) is 16.9. The van der Waals surface area contributed by atoms with Crippen LogP contribution in [0.5, 0.6) is 0 Å². The molecule has 0 aliphatic carbocycles. The van der Waals surface area contributed by atoms with Crippen LogP contribution in [0.25, 0.3) is 69.2 Å². The highest BCUT2D eigenvalue weighted by Crippen LogP contribution is 2.44. The molecule has 0 aliphatic rings. The Balaban J connectivity index is 1.64. The van der Waals surface area contributed by atoms with Crippen molar-refractivity contribution in [3.05, 3.63) is 115 Å². The summed E-state index contributed by atoms with van der Waals surface area (Å²) in [4.78, 5) is 0. The van der Waals surface area contributed by atoms with E-state index in [0.29, 0.717) is 0 Å². The zero-order chi connectivity index (χ0) is 22.2. The molecule has 0 saturated carbocycles. The van der Waals surface area contributed by atoms with Gasteiger partial charge in [0.2, 0.25) is 0 Å². The van der Waals surface area contributed by atoms with Gasteiger partial charge in [0.1, 0.15) is 0 Å². The fourth-order valence-electron chi connectivity index (χ4n) is 5.66. The molecular formula is C32H19NS. The highest BCUT2D eigenvalue weighted by atomic mass is 32.1. The van der Waals surface area contributed by atoms with E-state index in [1.165, 1.54) is 69.2 Å². The first kappa shape index (κ1) is 18.3. The Bertz CT molecular complexity index is 2060. The third kappa shape index (κ3) is 2.38. The molecule has 8 aromatic rings. The SMILES string of the molecule is c1ccc(-n2c3cc4c(cc3c3ccc5ccccc5c32)sc2ccc3ccccc3c24)cc1. The Kier molecular flexibility index (Phi) is 3.60. The summed E-state index contributed by atoms with van der Waals surface area (Å²) in [6.45, 7) is 0. The van der Waals surface area contributed by atoms with Crippen molar-refractivity contribution in [3.8, 4) is 5.69 Å². The second-order valence-electron chi connectivity index (χ2n) is 8.98. The molecule has 0 fully saturated rings. The van der Waals surface area contributed by atoms with Crippen molar-refractivity contribution in [1.29, 1.82) is 0 Å². The van der Waals surface area contributed by atoms with Gasteiger partial charge in [-0.3, -0.25) is 0 Å². The highest BCUT2D eigenvalue weighted by Gasteiger charge is 2.18. The maximum absolute atomic E-state index is 2.46. The van der Waals surface area contributed by atoms with Gasteiger partial charge in [-0.2, -0.15) is 0 Å². The van der Waals surface area contributed by atoms with E-state index in [1.54, 1.807) is 0 Å². The van der Waals surface area contributed by atoms with Crippen LogP contribution in [0.1, 0.15) is 0 Å². The van der Waals surface area contributed by atoms with Gasteiger partial charge in [-0.15, -0.1) is 11.3 Å². The number of thiophene rings is 1. The first-order valence-corrected chi connectivity index (χ1v) is 12.4. The van der Waals surface area contributed by atoms with Crippen LogP contribution in [0.3, 0.4) is 0 Å². The monoisotopic (exact) mass is 449 g/mol. The van der Waals surface area contributed by atoms with Gasteiger partial charge >= 0.3 is 0 Å². The summed E-state index contributed by atoms with van der Waals surface area (Å²) in [6.07, 6.45) is 0. The van der Waals surface area contributed by atoms with E-state index in [9.17, 15) is 0 Å². The van der Waals surface area contributed by atoms with E-state index in [-0.39, 0.29) is 0 Å². The van der Waals surface area contributed by atoms with E-state index in [0.717, 1.165) is 0 Å². The van der Waals surface area contributed by atoms with Crippen LogP contribution < -0.4 is 0 Å². The number of hydrogen-bond donors (Lipinski definition) is 0. The van der Waals surface area contributed by atoms with Crippen LogP contribution in [-0.2, 0) is 0 Å². The normalized spacial score (nSPS) is 12.1. The maximum Gasteiger partial charge on any atom is 0.0619 e. The van der Waals surface area contributed by atoms with Crippen molar-refractivity contribution in [2.75, 3.05) is 0 Å². The largest absolute Gasteiger partial charge is 0.309 e. The molecule has 0 aliphatic heterocycles. The summed E-state index contributed by atoms with van der Waals surface area (Å²) in [5.74, 6) is 0. The average Bonchev–Trinajstić information content (AvgIpc) is 3.43. The third-order valence-electron chi connectivity index (χ3n) is 7.15. The lowest BCUT2D eigenvalue weighted by atomic mass is 10.0. The second-order valence-corrected chi connectivity index (χ2v) is 10.1. The Morgan fingerprint density at radius 2 is 1.18 bits per heavy atom. The fraction of sp³-hybridized carbons (Fsp3) is 0. The quantitative estimate of drug-likeness (QED) is 0.235. The van der Waals surface area contributed by atoms with Gasteiger partial charge in [0, 0.05) is 42.0 Å². The molecule has 0 radical (unpaired) electrons. The number of aromatic nitrogens is 1. The summed E-state index contributed by atoms with van der Waals surface area (Å²) in [5, 5.41) is 10.5. The van der Waals surface area contributed by atoms with Crippen molar-refractivity contribution in [2.45, 2.75) is 0 Å². The molecule has 158 valence electrons. The Labute approximate surface area is 200 Å². The molecule has 1 nitrogen and oxygen atoms in total. The van der Waals surface area contributed by atoms with Crippen molar-refractivity contribution >= 4 is 74.9 Å². The van der Waals surface area contributed by atoms with Crippen LogP contribution in [0.15, 0.2) is 115 Å². The molecule has 2 aromatic heterocycles. The van der Waals surface area contributed by atoms with Crippen molar-refractivity contribution in [2.24, 2.45) is 0 Å². The van der Waals surface area contributed by atoms with Crippen LogP contribution in [0.4, 0.5) is 0 Å². The number of hydrogen-bond acceptors (Lipinski definition) is 1. The zero-order valence-electron chi connectivity index (χ0n) is 18.3. The number of nitrogens with zero attached hydrogens (tertiary/aromatic N) is 1. The van der Waals surface area contributed by atoms with E-state index < -0.39 is 0 Å². The van der Waals surface area contributed by atoms with Gasteiger partial charge in [-0.25, -0.2) is 0 Å². The van der Waals surface area contributed by atoms with Crippen LogP contribution in [0, 0.1) is 0 Å². The summed E-state index contributed by atoms with van der Waals surface area (Å²) >= 11 is 1.90. The lowest BCUT2D eigenvalue weighted by Crippen LogP contribution is -1.93. The number of benzene rings is 6. The van der Waals surface area contributed by atoms with Crippen molar-refractivity contribution in [1.82, 2.24) is 4.57 Å². The van der Waals surface area contributed by atoms with Gasteiger partial charge in [0.05, 0.1) is 11.0 Å². The molecule has 0 unspecified atom stereocenters. The van der Waals surface area contributed by atoms with Gasteiger partial charge in [-0.1, -0.05) is 84.9 Å². The van der Waals surface area contributed by atoms with E-state index in [2.05, 4.69) is 120 Å². The van der Waals surface area contributed by atoms with Crippen LogP contribution in [0.2, 0.25) is 0 Å². The molecule has 0 spiro atoms. The molecule has 0 saturated heterocycles. The fourth-order valence-corrected chi connectivity index (χ4v) is 6.80. The molecule has 34 heavy (non-hydrogen) atoms. The minimum absolute atomic E-state index is 1.20. The van der Waals surface area contributed by atoms with Gasteiger partial charge in [-0.05, 0) is 46.5 Å². The summed E-state index contributed by atoms with van der Waals surface area (Å²) in [5.41, 5.74) is 3.74. The predicted molar refractivity (Wildman–Crippen MR) is 149 cm³/mol. The average molecular weight is 450 g/mol. The predicted octanol–water partition coefficient (Wildman–Crippen LogP) is 9.46. The molecule has 0 N–H and O–H groups in total. The summed E-state index contributed by atoms with van der Waals surface area (Å²) in [6, 6.07) is 42.2. The van der Waals surface area contributed by atoms with Crippen LogP contribution >= 0.6 is 11.3 Å². The minimum Gasteiger partial charge on any atom is -0.309 e. The van der Waals surface area contributed by atoms with Crippen molar-refractivity contribution in [3.63, 3.8) is 0 Å². The maximum atomic E-state index is 2.46. The molecule has 0 bridgehead atoms. The summed E-state index contributed by atoms with van der Waals surface area (Å²) in [7, 11) is 0. The summed E-state index contributed by atoms with van der Waals surface area (Å²) < 4.78 is 5.16. The smallest absolute Gasteiger partial charge is 0.0619 e. The molecular weight excluding hydrogens is 430 g/mol. The van der Waals surface area contributed by atoms with Crippen LogP contribution in [-0.4, -0.2) is 4.57 Å². The third-order valence-corrected chi connectivity index (χ3v) is 8.27. The lowest BCUT2D eigenvalue weighted by Gasteiger charge is -2.10. The second kappa shape index (κ2) is 6.69. The minimum atomic E-state index is 1.20. The molecule has 0 amide bonds. The number of para-hydroxylation sites is 1. The van der Waals surface area contributed by atoms with E-state index >= 15 is 0 Å². The van der Waals surface area contributed by atoms with E-state index in [4.69, 9.17) is 0 Å². The molecule has 6 aromatic carbocycles. The standard InChI is InChI=1S/C32H19NS/c1-2-10-22(11-3-1)33-28-18-27-30(34-29-17-15-20-8-4-6-12-23(20)31(27)29)19-26(28)25-16-14-21-9-5-7-13-24(21)32(25)33/h1-19H. The number of fused-ring (bicyclic) bond motifs is 10. The number of rotatable bonds is 1.